The van der Waals surface area contributed by atoms with Gasteiger partial charge in [-0.05, 0) is 48.9 Å². The molecule has 0 saturated heterocycles. The van der Waals surface area contributed by atoms with E-state index in [1.807, 2.05) is 6.92 Å². The molecule has 0 radical (unpaired) electrons. The first-order valence-corrected chi connectivity index (χ1v) is 8.06. The van der Waals surface area contributed by atoms with Crippen LogP contribution in [0.4, 0.5) is 0 Å². The van der Waals surface area contributed by atoms with Gasteiger partial charge in [0.25, 0.3) is 10.0 Å². The van der Waals surface area contributed by atoms with Gasteiger partial charge in [-0.15, -0.1) is 0 Å². The largest absolute Gasteiger partial charge is 0.508 e. The van der Waals surface area contributed by atoms with Crippen LogP contribution in [0, 0.1) is 0 Å². The molecule has 22 heavy (non-hydrogen) atoms. The van der Waals surface area contributed by atoms with Crippen molar-refractivity contribution in [2.45, 2.75) is 11.8 Å². The van der Waals surface area contributed by atoms with Crippen molar-refractivity contribution >= 4 is 16.2 Å². The van der Waals surface area contributed by atoms with E-state index >= 15 is 0 Å². The van der Waals surface area contributed by atoms with Gasteiger partial charge in [-0.2, -0.15) is 13.5 Å². The van der Waals surface area contributed by atoms with Crippen LogP contribution in [-0.2, 0) is 10.0 Å². The first kappa shape index (κ1) is 15.8. The Morgan fingerprint density at radius 1 is 1.23 bits per heavy atom. The number of nitrogens with one attached hydrogen (secondary N) is 1. The second kappa shape index (κ2) is 6.95. The molecule has 6 nitrogen and oxygen atoms in total. The van der Waals surface area contributed by atoms with Gasteiger partial charge in [0.15, 0.2) is 0 Å². The topological polar surface area (TPSA) is 88.0 Å². The van der Waals surface area contributed by atoms with Gasteiger partial charge in [0, 0.05) is 0 Å². The average Bonchev–Trinajstić information content (AvgIpc) is 2.48. The molecule has 0 fully saturated rings. The first-order chi connectivity index (χ1) is 10.5. The van der Waals surface area contributed by atoms with Crippen molar-refractivity contribution in [1.82, 2.24) is 4.83 Å². The molecule has 0 amide bonds. The quantitative estimate of drug-likeness (QED) is 0.630. The minimum absolute atomic E-state index is 0.0818. The summed E-state index contributed by atoms with van der Waals surface area (Å²) >= 11 is 0. The van der Waals surface area contributed by atoms with Gasteiger partial charge in [-0.3, -0.25) is 0 Å². The van der Waals surface area contributed by atoms with Crippen LogP contribution in [0.3, 0.4) is 0 Å². The van der Waals surface area contributed by atoms with E-state index in [1.54, 1.807) is 24.3 Å². The summed E-state index contributed by atoms with van der Waals surface area (Å²) in [4.78, 5) is 2.20. The highest BCUT2D eigenvalue weighted by atomic mass is 32.2. The number of aromatic hydroxyl groups is 1. The molecule has 0 bridgehead atoms. The van der Waals surface area contributed by atoms with Gasteiger partial charge in [0.2, 0.25) is 0 Å². The zero-order chi connectivity index (χ0) is 16.0. The number of benzene rings is 2. The molecular formula is C15H16N2O4S. The van der Waals surface area contributed by atoms with Crippen molar-refractivity contribution in [3.8, 4) is 11.5 Å². The summed E-state index contributed by atoms with van der Waals surface area (Å²) in [6, 6.07) is 12.4. The van der Waals surface area contributed by atoms with Gasteiger partial charge >= 0.3 is 0 Å². The third kappa shape index (κ3) is 4.23. The van der Waals surface area contributed by atoms with Crippen LogP contribution in [0.25, 0.3) is 0 Å². The molecule has 2 aromatic carbocycles. The minimum atomic E-state index is -3.74. The summed E-state index contributed by atoms with van der Waals surface area (Å²) in [5.74, 6) is 0.683. The van der Waals surface area contributed by atoms with Gasteiger partial charge in [0.05, 0.1) is 17.7 Å². The number of rotatable bonds is 6. The monoisotopic (exact) mass is 320 g/mol. The van der Waals surface area contributed by atoms with Gasteiger partial charge in [-0.1, -0.05) is 12.1 Å². The molecule has 0 spiro atoms. The fraction of sp³-hybridized carbons (Fsp3) is 0.133. The molecule has 2 aromatic rings. The van der Waals surface area contributed by atoms with Crippen molar-refractivity contribution in [3.63, 3.8) is 0 Å². The summed E-state index contributed by atoms with van der Waals surface area (Å²) in [5, 5.41) is 13.0. The molecule has 0 aliphatic rings. The maximum Gasteiger partial charge on any atom is 0.276 e. The number of phenolic OH excluding ortho intramolecular Hbond substituents is 1. The zero-order valence-corrected chi connectivity index (χ0v) is 12.7. The maximum atomic E-state index is 12.0. The predicted molar refractivity (Wildman–Crippen MR) is 83.6 cm³/mol. The molecule has 2 N–H and O–H groups in total. The van der Waals surface area contributed by atoms with Crippen molar-refractivity contribution < 1.29 is 18.3 Å². The first-order valence-electron chi connectivity index (χ1n) is 6.58. The average molecular weight is 320 g/mol. The molecule has 0 atom stereocenters. The van der Waals surface area contributed by atoms with Gasteiger partial charge in [0.1, 0.15) is 11.5 Å². The summed E-state index contributed by atoms with van der Waals surface area (Å²) < 4.78 is 29.3. The Morgan fingerprint density at radius 2 is 1.95 bits per heavy atom. The number of phenols is 1. The summed E-state index contributed by atoms with van der Waals surface area (Å²) in [5.41, 5.74) is 0.578. The van der Waals surface area contributed by atoms with Gasteiger partial charge in [-0.25, -0.2) is 4.83 Å². The second-order valence-corrected chi connectivity index (χ2v) is 6.01. The Labute approximate surface area is 129 Å². The third-order valence-corrected chi connectivity index (χ3v) is 3.94. The van der Waals surface area contributed by atoms with Crippen LogP contribution in [-0.4, -0.2) is 26.3 Å². The molecule has 0 aromatic heterocycles. The molecule has 116 valence electrons. The minimum Gasteiger partial charge on any atom is -0.508 e. The lowest BCUT2D eigenvalue weighted by atomic mass is 10.2. The Balaban J connectivity index is 2.07. The number of hydrogen-bond donors (Lipinski definition) is 2. The van der Waals surface area contributed by atoms with Crippen LogP contribution in [0.5, 0.6) is 11.5 Å². The number of nitrogens with zero attached hydrogens (tertiary/aromatic N) is 1. The smallest absolute Gasteiger partial charge is 0.276 e. The van der Waals surface area contributed by atoms with E-state index in [1.165, 1.54) is 30.5 Å². The predicted octanol–water partition coefficient (Wildman–Crippen LogP) is 2.10. The number of ether oxygens (including phenoxy) is 1. The highest BCUT2D eigenvalue weighted by Crippen LogP contribution is 2.15. The summed E-state index contributed by atoms with van der Waals surface area (Å²) in [7, 11) is -3.74. The molecule has 0 saturated carbocycles. The number of hydrogen-bond acceptors (Lipinski definition) is 5. The van der Waals surface area contributed by atoms with Crippen molar-refractivity contribution in [3.05, 3.63) is 54.1 Å². The zero-order valence-electron chi connectivity index (χ0n) is 11.9. The summed E-state index contributed by atoms with van der Waals surface area (Å²) in [6.45, 7) is 2.36. The van der Waals surface area contributed by atoms with E-state index in [4.69, 9.17) is 4.74 Å². The fourth-order valence-electron chi connectivity index (χ4n) is 1.71. The lowest BCUT2D eigenvalue weighted by Gasteiger charge is -2.05. The van der Waals surface area contributed by atoms with E-state index in [0.717, 1.165) is 0 Å². The van der Waals surface area contributed by atoms with E-state index in [0.29, 0.717) is 17.9 Å². The molecule has 0 unspecified atom stereocenters. The molecule has 0 aliphatic heterocycles. The molecule has 2 rings (SSSR count). The highest BCUT2D eigenvalue weighted by molar-refractivity contribution is 7.89. The van der Waals surface area contributed by atoms with Crippen LogP contribution in [0.15, 0.2) is 58.5 Å². The Kier molecular flexibility index (Phi) is 5.00. The Hall–Kier alpha value is -2.54. The molecule has 0 aliphatic carbocycles. The normalized spacial score (nSPS) is 11.5. The van der Waals surface area contributed by atoms with Crippen molar-refractivity contribution in [2.24, 2.45) is 5.10 Å². The van der Waals surface area contributed by atoms with Gasteiger partial charge < -0.3 is 9.84 Å². The lowest BCUT2D eigenvalue weighted by Crippen LogP contribution is -2.18. The standard InChI is InChI=1S/C15H16N2O4S/c1-2-21-14-6-8-15(9-7-14)22(19,20)17-16-11-12-4-3-5-13(18)10-12/h3-11,17-18H,2H2,1H3/b16-11+. The molecular weight excluding hydrogens is 304 g/mol. The lowest BCUT2D eigenvalue weighted by molar-refractivity contribution is 0.340. The highest BCUT2D eigenvalue weighted by Gasteiger charge is 2.12. The SMILES string of the molecule is CCOc1ccc(S(=O)(=O)N/N=C/c2cccc(O)c2)cc1. The second-order valence-electron chi connectivity index (χ2n) is 4.35. The van der Waals surface area contributed by atoms with Crippen molar-refractivity contribution in [2.75, 3.05) is 6.61 Å². The van der Waals surface area contributed by atoms with Crippen LogP contribution < -0.4 is 9.57 Å². The number of sulfonamides is 1. The Morgan fingerprint density at radius 3 is 2.59 bits per heavy atom. The van der Waals surface area contributed by atoms with E-state index < -0.39 is 10.0 Å². The number of hydrazone groups is 1. The summed E-state index contributed by atoms with van der Waals surface area (Å²) in [6.07, 6.45) is 1.31. The van der Waals surface area contributed by atoms with Crippen LogP contribution in [0.2, 0.25) is 0 Å². The van der Waals surface area contributed by atoms with E-state index in [9.17, 15) is 13.5 Å². The molecule has 7 heteroatoms. The molecule has 0 heterocycles. The fourth-order valence-corrected chi connectivity index (χ4v) is 2.50. The van der Waals surface area contributed by atoms with Crippen molar-refractivity contribution in [1.29, 1.82) is 0 Å². The van der Waals surface area contributed by atoms with Crippen LogP contribution >= 0.6 is 0 Å². The maximum absolute atomic E-state index is 12.0. The van der Waals surface area contributed by atoms with Crippen LogP contribution in [0.1, 0.15) is 12.5 Å². The van der Waals surface area contributed by atoms with E-state index in [2.05, 4.69) is 9.93 Å². The Bertz CT molecular complexity index is 755. The van der Waals surface area contributed by atoms with E-state index in [-0.39, 0.29) is 10.6 Å². The third-order valence-electron chi connectivity index (χ3n) is 2.70.